The number of nitrogens with zero attached hydrogens (tertiary/aromatic N) is 4. The van der Waals surface area contributed by atoms with Gasteiger partial charge in [0.2, 0.25) is 0 Å². The van der Waals surface area contributed by atoms with Crippen LogP contribution in [0.25, 0.3) is 11.5 Å². The van der Waals surface area contributed by atoms with Gasteiger partial charge < -0.3 is 4.74 Å². The van der Waals surface area contributed by atoms with E-state index in [2.05, 4.69) is 11.9 Å². The molecule has 6 heteroatoms. The van der Waals surface area contributed by atoms with Crippen molar-refractivity contribution < 1.29 is 4.74 Å². The van der Waals surface area contributed by atoms with E-state index >= 15 is 0 Å². The molecule has 1 aliphatic carbocycles. The minimum atomic E-state index is -0.183. The van der Waals surface area contributed by atoms with Crippen LogP contribution in [0.4, 0.5) is 0 Å². The molecule has 3 heterocycles. The number of imidazole rings is 1. The summed E-state index contributed by atoms with van der Waals surface area (Å²) in [5.41, 5.74) is 3.96. The van der Waals surface area contributed by atoms with E-state index in [-0.39, 0.29) is 5.56 Å². The number of benzene rings is 1. The maximum atomic E-state index is 12.6. The maximum Gasteiger partial charge on any atom is 0.260 e. The number of hydrogen-bond acceptors (Lipinski definition) is 4. The van der Waals surface area contributed by atoms with Gasteiger partial charge in [-0.2, -0.15) is 0 Å². The predicted molar refractivity (Wildman–Crippen MR) is 106 cm³/mol. The first kappa shape index (κ1) is 16.7. The van der Waals surface area contributed by atoms with Crippen LogP contribution in [0.1, 0.15) is 35.7 Å². The summed E-state index contributed by atoms with van der Waals surface area (Å²) in [5.74, 6) is 1.68. The van der Waals surface area contributed by atoms with Crippen LogP contribution >= 0.6 is 0 Å². The summed E-state index contributed by atoms with van der Waals surface area (Å²) in [6, 6.07) is 13.1. The Bertz CT molecular complexity index is 1210. The van der Waals surface area contributed by atoms with Crippen molar-refractivity contribution in [3.05, 3.63) is 88.4 Å². The van der Waals surface area contributed by atoms with Crippen molar-refractivity contribution in [3.63, 3.8) is 0 Å². The lowest BCUT2D eigenvalue weighted by molar-refractivity contribution is 0.305. The number of aryl methyl sites for hydroxylation is 1. The maximum absolute atomic E-state index is 12.6. The number of pyridine rings is 1. The van der Waals surface area contributed by atoms with Crippen molar-refractivity contribution in [2.24, 2.45) is 0 Å². The minimum Gasteiger partial charge on any atom is -0.489 e. The highest BCUT2D eigenvalue weighted by atomic mass is 16.5. The van der Waals surface area contributed by atoms with Gasteiger partial charge in [0, 0.05) is 23.9 Å². The van der Waals surface area contributed by atoms with Crippen LogP contribution in [0.15, 0.2) is 65.8 Å². The van der Waals surface area contributed by atoms with Crippen LogP contribution in [-0.2, 0) is 6.61 Å². The zero-order valence-electron chi connectivity index (χ0n) is 15.6. The second-order valence-corrected chi connectivity index (χ2v) is 7.18. The molecule has 140 valence electrons. The average Bonchev–Trinajstić information content (AvgIpc) is 3.51. The normalized spacial score (nSPS) is 13.8. The highest BCUT2D eigenvalue weighted by molar-refractivity contribution is 5.45. The average molecular weight is 372 g/mol. The highest BCUT2D eigenvalue weighted by Crippen LogP contribution is 2.41. The first-order valence-corrected chi connectivity index (χ1v) is 9.43. The Morgan fingerprint density at radius 1 is 1.18 bits per heavy atom. The molecule has 0 N–H and O–H groups in total. The second-order valence-electron chi connectivity index (χ2n) is 7.18. The number of ether oxygens (including phenoxy) is 1. The van der Waals surface area contributed by atoms with E-state index in [1.807, 2.05) is 40.9 Å². The summed E-state index contributed by atoms with van der Waals surface area (Å²) in [4.78, 5) is 21.7. The van der Waals surface area contributed by atoms with Crippen molar-refractivity contribution in [2.75, 3.05) is 0 Å². The van der Waals surface area contributed by atoms with Gasteiger partial charge in [-0.15, -0.1) is 0 Å². The third-order valence-corrected chi connectivity index (χ3v) is 5.12. The Hall–Kier alpha value is -3.41. The van der Waals surface area contributed by atoms with Gasteiger partial charge in [-0.25, -0.2) is 9.97 Å². The molecule has 0 unspecified atom stereocenters. The molecule has 0 saturated heterocycles. The summed E-state index contributed by atoms with van der Waals surface area (Å²) in [5, 5.41) is 0. The lowest BCUT2D eigenvalue weighted by Gasteiger charge is -2.09. The lowest BCUT2D eigenvalue weighted by Crippen LogP contribution is -2.18. The highest BCUT2D eigenvalue weighted by Gasteiger charge is 2.28. The van der Waals surface area contributed by atoms with E-state index in [4.69, 9.17) is 9.72 Å². The second kappa shape index (κ2) is 6.64. The van der Waals surface area contributed by atoms with Crippen molar-refractivity contribution in [1.82, 2.24) is 18.9 Å². The summed E-state index contributed by atoms with van der Waals surface area (Å²) in [6.45, 7) is 2.49. The first-order valence-electron chi connectivity index (χ1n) is 9.43. The standard InChI is InChI=1S/C22H20N4O2/c1-15-22(17-7-8-17)24-19-12-23-20(13-26(15)19)25-10-9-18(11-21(25)27)28-14-16-5-3-2-4-6-16/h2-6,9-13,17H,7-8,14H2,1H3. The quantitative estimate of drug-likeness (QED) is 0.537. The molecule has 6 nitrogen and oxygen atoms in total. The van der Waals surface area contributed by atoms with E-state index in [1.54, 1.807) is 18.5 Å². The predicted octanol–water partition coefficient (Wildman–Crippen LogP) is 3.65. The topological polar surface area (TPSA) is 61.4 Å². The van der Waals surface area contributed by atoms with Gasteiger partial charge in [-0.05, 0) is 31.4 Å². The van der Waals surface area contributed by atoms with Crippen LogP contribution in [0.2, 0.25) is 0 Å². The number of aromatic nitrogens is 4. The van der Waals surface area contributed by atoms with Gasteiger partial charge in [0.05, 0.1) is 18.1 Å². The molecule has 0 spiro atoms. The van der Waals surface area contributed by atoms with Gasteiger partial charge in [0.15, 0.2) is 11.5 Å². The SMILES string of the molecule is Cc1c(C2CC2)nc2cnc(-n3ccc(OCc4ccccc4)cc3=O)cn12. The molecule has 0 atom stereocenters. The molecule has 0 bridgehead atoms. The Labute approximate surface area is 162 Å². The van der Waals surface area contributed by atoms with Gasteiger partial charge in [0.1, 0.15) is 12.4 Å². The molecular weight excluding hydrogens is 352 g/mol. The molecule has 28 heavy (non-hydrogen) atoms. The zero-order valence-corrected chi connectivity index (χ0v) is 15.6. The van der Waals surface area contributed by atoms with Crippen molar-refractivity contribution in [1.29, 1.82) is 0 Å². The summed E-state index contributed by atoms with van der Waals surface area (Å²) in [6.07, 6.45) is 7.70. The summed E-state index contributed by atoms with van der Waals surface area (Å²) in [7, 11) is 0. The molecule has 4 aromatic rings. The fourth-order valence-electron chi connectivity index (χ4n) is 3.43. The molecule has 1 aromatic carbocycles. The smallest absolute Gasteiger partial charge is 0.260 e. The number of fused-ring (bicyclic) bond motifs is 1. The van der Waals surface area contributed by atoms with Crippen LogP contribution < -0.4 is 10.3 Å². The van der Waals surface area contributed by atoms with E-state index < -0.39 is 0 Å². The fourth-order valence-corrected chi connectivity index (χ4v) is 3.43. The molecule has 0 aliphatic heterocycles. The van der Waals surface area contributed by atoms with Crippen LogP contribution in [-0.4, -0.2) is 18.9 Å². The molecule has 5 rings (SSSR count). The Morgan fingerprint density at radius 2 is 2.00 bits per heavy atom. The summed E-state index contributed by atoms with van der Waals surface area (Å²) < 4.78 is 9.28. The third-order valence-electron chi connectivity index (χ3n) is 5.12. The van der Waals surface area contributed by atoms with Crippen molar-refractivity contribution >= 4 is 5.65 Å². The largest absolute Gasteiger partial charge is 0.489 e. The van der Waals surface area contributed by atoms with E-state index in [0.29, 0.717) is 24.1 Å². The monoisotopic (exact) mass is 372 g/mol. The Kier molecular flexibility index (Phi) is 3.97. The molecule has 1 aliphatic rings. The van der Waals surface area contributed by atoms with Gasteiger partial charge in [0.25, 0.3) is 5.56 Å². The van der Waals surface area contributed by atoms with Crippen molar-refractivity contribution in [2.45, 2.75) is 32.3 Å². The van der Waals surface area contributed by atoms with Crippen molar-refractivity contribution in [3.8, 4) is 11.6 Å². The lowest BCUT2D eigenvalue weighted by atomic mass is 10.2. The van der Waals surface area contributed by atoms with E-state index in [0.717, 1.165) is 22.6 Å². The fraction of sp³-hybridized carbons (Fsp3) is 0.227. The minimum absolute atomic E-state index is 0.183. The molecule has 3 aromatic heterocycles. The van der Waals surface area contributed by atoms with Crippen LogP contribution in [0.5, 0.6) is 5.75 Å². The molecule has 1 saturated carbocycles. The first-order chi connectivity index (χ1) is 13.7. The summed E-state index contributed by atoms with van der Waals surface area (Å²) >= 11 is 0. The number of hydrogen-bond donors (Lipinski definition) is 0. The van der Waals surface area contributed by atoms with E-state index in [1.165, 1.54) is 23.5 Å². The third kappa shape index (κ3) is 3.07. The van der Waals surface area contributed by atoms with Crippen LogP contribution in [0, 0.1) is 6.92 Å². The van der Waals surface area contributed by atoms with E-state index in [9.17, 15) is 4.79 Å². The molecular formula is C22H20N4O2. The Balaban J connectivity index is 1.43. The number of rotatable bonds is 5. The Morgan fingerprint density at radius 3 is 2.75 bits per heavy atom. The van der Waals surface area contributed by atoms with Gasteiger partial charge in [-0.1, -0.05) is 30.3 Å². The molecule has 1 fully saturated rings. The molecule has 0 radical (unpaired) electrons. The molecule has 0 amide bonds. The van der Waals surface area contributed by atoms with Crippen LogP contribution in [0.3, 0.4) is 0 Å². The van der Waals surface area contributed by atoms with Gasteiger partial charge >= 0.3 is 0 Å². The zero-order chi connectivity index (χ0) is 19.1. The van der Waals surface area contributed by atoms with Gasteiger partial charge in [-0.3, -0.25) is 13.8 Å².